The Balaban J connectivity index is 5.49. The summed E-state index contributed by atoms with van der Waals surface area (Å²) in [5.74, 6) is -1.12. The molecule has 0 fully saturated rings. The van der Waals surface area contributed by atoms with Crippen LogP contribution in [-0.2, 0) is 9.47 Å². The number of ether oxygens (including phenoxy) is 2. The van der Waals surface area contributed by atoms with Gasteiger partial charge in [0.25, 0.3) is 0 Å². The molecular formula is C10H14ClF3O2S. The summed E-state index contributed by atoms with van der Waals surface area (Å²) in [6.45, 7) is 3.28. The van der Waals surface area contributed by atoms with Gasteiger partial charge in [0.1, 0.15) is 5.76 Å². The number of alkyl halides is 3. The Hall–Kier alpha value is -0.490. The molecule has 100 valence electrons. The number of rotatable bonds is 6. The zero-order valence-electron chi connectivity index (χ0n) is 9.73. The zero-order chi connectivity index (χ0) is 13.5. The highest BCUT2D eigenvalue weighted by Crippen LogP contribution is 2.37. The third-order valence-corrected chi connectivity index (χ3v) is 2.57. The van der Waals surface area contributed by atoms with Gasteiger partial charge in [-0.3, -0.25) is 0 Å². The van der Waals surface area contributed by atoms with E-state index in [0.717, 1.165) is 17.3 Å². The van der Waals surface area contributed by atoms with Crippen molar-refractivity contribution in [3.8, 4) is 0 Å². The molecule has 0 aliphatic heterocycles. The van der Waals surface area contributed by atoms with Crippen molar-refractivity contribution in [1.29, 1.82) is 0 Å². The molecule has 0 aliphatic rings. The lowest BCUT2D eigenvalue weighted by Crippen LogP contribution is -2.18. The van der Waals surface area contributed by atoms with Crippen molar-refractivity contribution in [2.24, 2.45) is 0 Å². The van der Waals surface area contributed by atoms with Crippen LogP contribution in [-0.4, -0.2) is 25.6 Å². The molecule has 0 aliphatic carbocycles. The number of halogens is 4. The maximum Gasteiger partial charge on any atom is 0.450 e. The lowest BCUT2D eigenvalue weighted by molar-refractivity contribution is -0.130. The molecule has 0 spiro atoms. The fourth-order valence-electron chi connectivity index (χ4n) is 1.03. The van der Waals surface area contributed by atoms with Gasteiger partial charge in [0.05, 0.1) is 18.1 Å². The van der Waals surface area contributed by atoms with Crippen molar-refractivity contribution in [3.05, 3.63) is 22.0 Å². The van der Waals surface area contributed by atoms with Crippen molar-refractivity contribution in [1.82, 2.24) is 0 Å². The quantitative estimate of drug-likeness (QED) is 0.537. The van der Waals surface area contributed by atoms with E-state index >= 15 is 0 Å². The van der Waals surface area contributed by atoms with E-state index in [1.165, 1.54) is 13.2 Å². The highest BCUT2D eigenvalue weighted by molar-refractivity contribution is 8.02. The van der Waals surface area contributed by atoms with Gasteiger partial charge >= 0.3 is 6.18 Å². The smallest absolute Gasteiger partial charge is 0.450 e. The molecule has 0 aromatic rings. The zero-order valence-corrected chi connectivity index (χ0v) is 11.3. The van der Waals surface area contributed by atoms with E-state index < -0.39 is 11.9 Å². The van der Waals surface area contributed by atoms with E-state index in [4.69, 9.17) is 16.3 Å². The van der Waals surface area contributed by atoms with Crippen molar-refractivity contribution < 1.29 is 22.6 Å². The van der Waals surface area contributed by atoms with E-state index in [9.17, 15) is 13.2 Å². The van der Waals surface area contributed by atoms with Crippen LogP contribution in [0.25, 0.3) is 0 Å². The predicted molar refractivity (Wildman–Crippen MR) is 63.8 cm³/mol. The summed E-state index contributed by atoms with van der Waals surface area (Å²) in [6, 6.07) is 0. The second-order valence-electron chi connectivity index (χ2n) is 2.70. The summed E-state index contributed by atoms with van der Waals surface area (Å²) in [5, 5.41) is 0. The molecule has 2 nitrogen and oxygen atoms in total. The average Bonchev–Trinajstić information content (AvgIpc) is 2.26. The Labute approximate surface area is 108 Å². The molecule has 0 saturated heterocycles. The van der Waals surface area contributed by atoms with Gasteiger partial charge in [0.2, 0.25) is 5.76 Å². The number of thioether (sulfide) groups is 1. The molecule has 0 radical (unpaired) electrons. The van der Waals surface area contributed by atoms with Crippen LogP contribution in [0.1, 0.15) is 13.8 Å². The highest BCUT2D eigenvalue weighted by atomic mass is 35.5. The summed E-state index contributed by atoms with van der Waals surface area (Å²) in [4.78, 5) is -0.156. The molecule has 0 atom stereocenters. The summed E-state index contributed by atoms with van der Waals surface area (Å²) in [5.41, 5.74) is 0.972. The van der Waals surface area contributed by atoms with E-state index in [0.29, 0.717) is 0 Å². The van der Waals surface area contributed by atoms with Crippen molar-refractivity contribution in [2.75, 3.05) is 19.5 Å². The normalized spacial score (nSPS) is 14.4. The first-order valence-electron chi connectivity index (χ1n) is 4.84. The summed E-state index contributed by atoms with van der Waals surface area (Å²) in [6.07, 6.45) is -3.07. The van der Waals surface area contributed by atoms with Crippen molar-refractivity contribution in [3.63, 3.8) is 0 Å². The van der Waals surface area contributed by atoms with Gasteiger partial charge in [-0.15, -0.1) is 11.8 Å². The van der Waals surface area contributed by atoms with Crippen LogP contribution in [0.2, 0.25) is 0 Å². The molecule has 0 saturated carbocycles. The second kappa shape index (κ2) is 7.76. The molecule has 0 heterocycles. The van der Waals surface area contributed by atoms with Gasteiger partial charge in [0, 0.05) is 5.54 Å². The van der Waals surface area contributed by atoms with Crippen LogP contribution >= 0.6 is 23.4 Å². The SMILES string of the molecule is CCOC(=C/Cl)/C(SC)=C(\OCC)C(F)(F)F. The Morgan fingerprint density at radius 2 is 1.76 bits per heavy atom. The van der Waals surface area contributed by atoms with Gasteiger partial charge in [-0.1, -0.05) is 11.6 Å². The summed E-state index contributed by atoms with van der Waals surface area (Å²) < 4.78 is 48.0. The lowest BCUT2D eigenvalue weighted by atomic mass is 10.4. The van der Waals surface area contributed by atoms with E-state index in [1.807, 2.05) is 0 Å². The van der Waals surface area contributed by atoms with E-state index in [-0.39, 0.29) is 23.9 Å². The summed E-state index contributed by atoms with van der Waals surface area (Å²) >= 11 is 6.33. The molecule has 0 amide bonds. The molecule has 0 N–H and O–H groups in total. The third kappa shape index (κ3) is 5.12. The van der Waals surface area contributed by atoms with E-state index in [1.54, 1.807) is 6.92 Å². The van der Waals surface area contributed by atoms with Gasteiger partial charge < -0.3 is 9.47 Å². The molecule has 0 rings (SSSR count). The van der Waals surface area contributed by atoms with Crippen LogP contribution in [0.15, 0.2) is 22.0 Å². The minimum Gasteiger partial charge on any atom is -0.492 e. The first-order chi connectivity index (χ1) is 7.92. The maximum absolute atomic E-state index is 12.8. The third-order valence-electron chi connectivity index (χ3n) is 1.58. The second-order valence-corrected chi connectivity index (χ2v) is 3.73. The Kier molecular flexibility index (Phi) is 7.54. The molecule has 0 bridgehead atoms. The first-order valence-corrected chi connectivity index (χ1v) is 6.50. The number of hydrogen-bond donors (Lipinski definition) is 0. The van der Waals surface area contributed by atoms with E-state index in [2.05, 4.69) is 4.74 Å². The first kappa shape index (κ1) is 16.5. The lowest BCUT2D eigenvalue weighted by Gasteiger charge is -2.18. The molecular weight excluding hydrogens is 277 g/mol. The number of allylic oxidation sites excluding steroid dienone is 1. The summed E-state index contributed by atoms with van der Waals surface area (Å²) in [7, 11) is 0. The number of hydrogen-bond acceptors (Lipinski definition) is 3. The highest BCUT2D eigenvalue weighted by Gasteiger charge is 2.39. The molecule has 17 heavy (non-hydrogen) atoms. The standard InChI is InChI=1S/C10H14ClF3O2S/c1-4-15-7(6-11)8(17-3)9(16-5-2)10(12,13)14/h6H,4-5H2,1-3H3/b7-6+,9-8+. The minimum atomic E-state index is -4.57. The Bertz CT molecular complexity index is 300. The predicted octanol–water partition coefficient (Wildman–Crippen LogP) is 4.28. The monoisotopic (exact) mass is 290 g/mol. The van der Waals surface area contributed by atoms with Gasteiger partial charge in [0.15, 0.2) is 0 Å². The maximum atomic E-state index is 12.8. The molecule has 7 heteroatoms. The Morgan fingerprint density at radius 1 is 1.24 bits per heavy atom. The molecule has 0 aromatic heterocycles. The van der Waals surface area contributed by atoms with Crippen LogP contribution in [0, 0.1) is 0 Å². The van der Waals surface area contributed by atoms with Crippen LogP contribution < -0.4 is 0 Å². The van der Waals surface area contributed by atoms with Crippen LogP contribution in [0.5, 0.6) is 0 Å². The largest absolute Gasteiger partial charge is 0.492 e. The Morgan fingerprint density at radius 3 is 2.06 bits per heavy atom. The van der Waals surface area contributed by atoms with Gasteiger partial charge in [-0.2, -0.15) is 13.2 Å². The molecule has 0 unspecified atom stereocenters. The van der Waals surface area contributed by atoms with Crippen LogP contribution in [0.3, 0.4) is 0 Å². The fourth-order valence-corrected chi connectivity index (χ4v) is 1.94. The van der Waals surface area contributed by atoms with Gasteiger partial charge in [-0.05, 0) is 20.1 Å². The van der Waals surface area contributed by atoms with Gasteiger partial charge in [-0.25, -0.2) is 0 Å². The van der Waals surface area contributed by atoms with Crippen LogP contribution in [0.4, 0.5) is 13.2 Å². The topological polar surface area (TPSA) is 18.5 Å². The van der Waals surface area contributed by atoms with Crippen molar-refractivity contribution >= 4 is 23.4 Å². The average molecular weight is 291 g/mol. The fraction of sp³-hybridized carbons (Fsp3) is 0.600. The molecule has 0 aromatic carbocycles. The minimum absolute atomic E-state index is 0.0394. The van der Waals surface area contributed by atoms with Crippen molar-refractivity contribution in [2.45, 2.75) is 20.0 Å².